The van der Waals surface area contributed by atoms with Crippen LogP contribution in [0.1, 0.15) is 28.4 Å². The second-order valence-electron chi connectivity index (χ2n) is 4.61. The monoisotopic (exact) mass is 224 g/mol. The highest BCUT2D eigenvalue weighted by Crippen LogP contribution is 2.32. The smallest absolute Gasteiger partial charge is 0.108 e. The minimum atomic E-state index is 0.112. The van der Waals surface area contributed by atoms with Gasteiger partial charge >= 0.3 is 0 Å². The van der Waals surface area contributed by atoms with Gasteiger partial charge in [0.2, 0.25) is 0 Å². The SMILES string of the molecule is Cc1ccc(C2OCCc3ccccc32)cc1. The Morgan fingerprint density at radius 3 is 2.59 bits per heavy atom. The van der Waals surface area contributed by atoms with E-state index in [4.69, 9.17) is 4.74 Å². The number of hydrogen-bond acceptors (Lipinski definition) is 1. The minimum absolute atomic E-state index is 0.112. The first-order valence-electron chi connectivity index (χ1n) is 6.10. The average Bonchev–Trinajstić information content (AvgIpc) is 2.39. The largest absolute Gasteiger partial charge is 0.368 e. The van der Waals surface area contributed by atoms with Gasteiger partial charge in [0.15, 0.2) is 0 Å². The molecular weight excluding hydrogens is 208 g/mol. The van der Waals surface area contributed by atoms with Crippen LogP contribution in [0.3, 0.4) is 0 Å². The van der Waals surface area contributed by atoms with E-state index in [9.17, 15) is 0 Å². The van der Waals surface area contributed by atoms with E-state index < -0.39 is 0 Å². The predicted molar refractivity (Wildman–Crippen MR) is 69.1 cm³/mol. The van der Waals surface area contributed by atoms with Crippen LogP contribution in [0.4, 0.5) is 0 Å². The molecule has 0 aromatic heterocycles. The maximum absolute atomic E-state index is 5.93. The Hall–Kier alpha value is -1.60. The second-order valence-corrected chi connectivity index (χ2v) is 4.61. The van der Waals surface area contributed by atoms with Crippen molar-refractivity contribution in [2.75, 3.05) is 6.61 Å². The highest BCUT2D eigenvalue weighted by atomic mass is 16.5. The molecule has 1 heteroatoms. The lowest BCUT2D eigenvalue weighted by atomic mass is 9.93. The summed E-state index contributed by atoms with van der Waals surface area (Å²) < 4.78 is 5.93. The molecule has 0 fully saturated rings. The third kappa shape index (κ3) is 1.98. The number of hydrogen-bond donors (Lipinski definition) is 0. The first-order chi connectivity index (χ1) is 8.34. The number of benzene rings is 2. The Morgan fingerprint density at radius 1 is 1.00 bits per heavy atom. The van der Waals surface area contributed by atoms with Crippen LogP contribution in [0.2, 0.25) is 0 Å². The molecule has 3 rings (SSSR count). The fourth-order valence-corrected chi connectivity index (χ4v) is 2.41. The summed E-state index contributed by atoms with van der Waals surface area (Å²) in [5.74, 6) is 0. The molecule has 1 aliphatic heterocycles. The second kappa shape index (κ2) is 4.34. The van der Waals surface area contributed by atoms with E-state index in [2.05, 4.69) is 55.5 Å². The third-order valence-corrected chi connectivity index (χ3v) is 3.37. The summed E-state index contributed by atoms with van der Waals surface area (Å²) in [6.45, 7) is 2.93. The highest BCUT2D eigenvalue weighted by Gasteiger charge is 2.21. The van der Waals surface area contributed by atoms with E-state index in [0.717, 1.165) is 13.0 Å². The molecule has 0 amide bonds. The van der Waals surface area contributed by atoms with Crippen molar-refractivity contribution in [2.45, 2.75) is 19.4 Å². The van der Waals surface area contributed by atoms with Crippen molar-refractivity contribution in [2.24, 2.45) is 0 Å². The van der Waals surface area contributed by atoms with Gasteiger partial charge in [0.25, 0.3) is 0 Å². The Balaban J connectivity index is 2.03. The summed E-state index contributed by atoms with van der Waals surface area (Å²) in [5.41, 5.74) is 5.28. The molecule has 1 atom stereocenters. The summed E-state index contributed by atoms with van der Waals surface area (Å²) in [5, 5.41) is 0. The van der Waals surface area contributed by atoms with Crippen LogP contribution in [0.15, 0.2) is 48.5 Å². The van der Waals surface area contributed by atoms with Gasteiger partial charge in [-0.1, -0.05) is 54.1 Å². The molecule has 86 valence electrons. The van der Waals surface area contributed by atoms with Crippen molar-refractivity contribution in [1.29, 1.82) is 0 Å². The van der Waals surface area contributed by atoms with E-state index in [1.54, 1.807) is 0 Å². The molecule has 1 nitrogen and oxygen atoms in total. The van der Waals surface area contributed by atoms with Crippen molar-refractivity contribution in [3.63, 3.8) is 0 Å². The van der Waals surface area contributed by atoms with Crippen molar-refractivity contribution in [3.8, 4) is 0 Å². The van der Waals surface area contributed by atoms with Crippen molar-refractivity contribution >= 4 is 0 Å². The van der Waals surface area contributed by atoms with Gasteiger partial charge in [-0.05, 0) is 30.0 Å². The molecule has 0 N–H and O–H groups in total. The Kier molecular flexibility index (Phi) is 2.69. The van der Waals surface area contributed by atoms with E-state index in [1.807, 2.05) is 0 Å². The van der Waals surface area contributed by atoms with Crippen molar-refractivity contribution in [3.05, 3.63) is 70.8 Å². The molecule has 1 unspecified atom stereocenters. The van der Waals surface area contributed by atoms with Crippen LogP contribution < -0.4 is 0 Å². The van der Waals surface area contributed by atoms with E-state index in [1.165, 1.54) is 22.3 Å². The number of aryl methyl sites for hydroxylation is 1. The molecule has 2 aromatic rings. The lowest BCUT2D eigenvalue weighted by molar-refractivity contribution is 0.0698. The minimum Gasteiger partial charge on any atom is -0.368 e. The summed E-state index contributed by atoms with van der Waals surface area (Å²) in [6.07, 6.45) is 1.14. The fourth-order valence-electron chi connectivity index (χ4n) is 2.41. The molecule has 0 spiro atoms. The highest BCUT2D eigenvalue weighted by molar-refractivity contribution is 5.38. The zero-order valence-electron chi connectivity index (χ0n) is 10.0. The Labute approximate surface area is 102 Å². The first-order valence-corrected chi connectivity index (χ1v) is 6.10. The van der Waals surface area contributed by atoms with Gasteiger partial charge in [-0.2, -0.15) is 0 Å². The molecule has 0 radical (unpaired) electrons. The Morgan fingerprint density at radius 2 is 1.76 bits per heavy atom. The van der Waals surface area contributed by atoms with Crippen LogP contribution in [0.5, 0.6) is 0 Å². The van der Waals surface area contributed by atoms with E-state index in [0.29, 0.717) is 0 Å². The van der Waals surface area contributed by atoms with Gasteiger partial charge in [0, 0.05) is 0 Å². The summed E-state index contributed by atoms with van der Waals surface area (Å²) in [6, 6.07) is 17.2. The maximum atomic E-state index is 5.93. The quantitative estimate of drug-likeness (QED) is 0.718. The number of rotatable bonds is 1. The van der Waals surface area contributed by atoms with Gasteiger partial charge in [0.05, 0.1) is 6.61 Å². The van der Waals surface area contributed by atoms with Crippen LogP contribution in [-0.2, 0) is 11.2 Å². The lowest BCUT2D eigenvalue weighted by Crippen LogP contribution is -2.17. The average molecular weight is 224 g/mol. The third-order valence-electron chi connectivity index (χ3n) is 3.37. The van der Waals surface area contributed by atoms with Gasteiger partial charge in [-0.25, -0.2) is 0 Å². The van der Waals surface area contributed by atoms with Crippen molar-refractivity contribution < 1.29 is 4.74 Å². The normalized spacial score (nSPS) is 18.8. The van der Waals surface area contributed by atoms with Crippen molar-refractivity contribution in [1.82, 2.24) is 0 Å². The van der Waals surface area contributed by atoms with Crippen LogP contribution in [0, 0.1) is 6.92 Å². The molecule has 0 aliphatic carbocycles. The predicted octanol–water partition coefficient (Wildman–Crippen LogP) is 3.66. The zero-order chi connectivity index (χ0) is 11.7. The van der Waals surface area contributed by atoms with Crippen LogP contribution in [0.25, 0.3) is 0 Å². The summed E-state index contributed by atoms with van der Waals surface area (Å²) >= 11 is 0. The number of fused-ring (bicyclic) bond motifs is 1. The van der Waals surface area contributed by atoms with Gasteiger partial charge in [-0.3, -0.25) is 0 Å². The summed E-state index contributed by atoms with van der Waals surface area (Å²) in [7, 11) is 0. The topological polar surface area (TPSA) is 9.23 Å². The lowest BCUT2D eigenvalue weighted by Gasteiger charge is -2.26. The maximum Gasteiger partial charge on any atom is 0.108 e. The van der Waals surface area contributed by atoms with Gasteiger partial charge < -0.3 is 4.74 Å². The molecule has 0 saturated heterocycles. The van der Waals surface area contributed by atoms with Crippen LogP contribution in [-0.4, -0.2) is 6.61 Å². The molecule has 1 aliphatic rings. The number of ether oxygens (including phenoxy) is 1. The first kappa shape index (κ1) is 10.5. The standard InChI is InChI=1S/C16H16O/c1-12-6-8-14(9-7-12)16-15-5-3-2-4-13(15)10-11-17-16/h2-9,16H,10-11H2,1H3. The molecule has 1 heterocycles. The van der Waals surface area contributed by atoms with E-state index in [-0.39, 0.29) is 6.10 Å². The Bertz CT molecular complexity index is 513. The molecule has 0 bridgehead atoms. The molecule has 2 aromatic carbocycles. The molecular formula is C16H16O. The fraction of sp³-hybridized carbons (Fsp3) is 0.250. The van der Waals surface area contributed by atoms with Gasteiger partial charge in [-0.15, -0.1) is 0 Å². The zero-order valence-corrected chi connectivity index (χ0v) is 10.0. The molecule has 0 saturated carbocycles. The van der Waals surface area contributed by atoms with E-state index >= 15 is 0 Å². The summed E-state index contributed by atoms with van der Waals surface area (Å²) in [4.78, 5) is 0. The molecule has 17 heavy (non-hydrogen) atoms. The van der Waals surface area contributed by atoms with Gasteiger partial charge in [0.1, 0.15) is 6.10 Å². The van der Waals surface area contributed by atoms with Crippen LogP contribution >= 0.6 is 0 Å².